The van der Waals surface area contributed by atoms with Crippen molar-refractivity contribution in [3.63, 3.8) is 0 Å². The van der Waals surface area contributed by atoms with E-state index in [9.17, 15) is 4.79 Å². The van der Waals surface area contributed by atoms with E-state index in [1.165, 1.54) is 33.2 Å². The highest BCUT2D eigenvalue weighted by molar-refractivity contribution is 7.17. The Morgan fingerprint density at radius 1 is 1.29 bits per heavy atom. The summed E-state index contributed by atoms with van der Waals surface area (Å²) in [5.41, 5.74) is 1.14. The lowest BCUT2D eigenvalue weighted by atomic mass is 10.2. The molecule has 0 saturated heterocycles. The van der Waals surface area contributed by atoms with Gasteiger partial charge in [0.1, 0.15) is 4.34 Å². The van der Waals surface area contributed by atoms with E-state index in [0.717, 1.165) is 0 Å². The third kappa shape index (κ3) is 2.04. The number of nitrogens with zero attached hydrogens (tertiary/aromatic N) is 1. The second-order valence-corrected chi connectivity index (χ2v) is 6.28. The molecule has 0 N–H and O–H groups in total. The smallest absolute Gasteiger partial charge is 0.262 e. The molecule has 0 unspecified atom stereocenters. The Bertz CT molecular complexity index is 725. The van der Waals surface area contributed by atoms with Gasteiger partial charge in [0.2, 0.25) is 0 Å². The molecule has 0 fully saturated rings. The lowest BCUT2D eigenvalue weighted by Crippen LogP contribution is -2.12. The highest BCUT2D eigenvalue weighted by Gasteiger charge is 2.07. The maximum atomic E-state index is 11.6. The minimum Gasteiger partial charge on any atom is -0.268 e. The van der Waals surface area contributed by atoms with Crippen LogP contribution in [0.3, 0.4) is 0 Å². The average Bonchev–Trinajstić information content (AvgIpc) is 2.85. The van der Waals surface area contributed by atoms with Crippen molar-refractivity contribution in [2.45, 2.75) is 6.54 Å². The normalized spacial score (nSPS) is 11.1. The number of aromatic nitrogens is 1. The number of rotatable bonds is 2. The molecule has 3 aromatic rings. The number of benzene rings is 1. The summed E-state index contributed by atoms with van der Waals surface area (Å²) in [4.78, 5) is 11.6. The Kier molecular flexibility index (Phi) is 2.78. The molecule has 17 heavy (non-hydrogen) atoms. The van der Waals surface area contributed by atoms with Crippen molar-refractivity contribution in [1.29, 1.82) is 0 Å². The quantitative estimate of drug-likeness (QED) is 0.700. The second-order valence-electron chi connectivity index (χ2n) is 3.67. The van der Waals surface area contributed by atoms with E-state index in [0.29, 0.717) is 10.9 Å². The van der Waals surface area contributed by atoms with E-state index in [-0.39, 0.29) is 5.56 Å². The monoisotopic (exact) mass is 281 g/mol. The van der Waals surface area contributed by atoms with Gasteiger partial charge >= 0.3 is 0 Å². The van der Waals surface area contributed by atoms with Crippen LogP contribution in [0.25, 0.3) is 10.1 Å². The summed E-state index contributed by atoms with van der Waals surface area (Å²) in [6.45, 7) is 0.597. The fourth-order valence-corrected chi connectivity index (χ4v) is 3.77. The molecule has 1 aromatic carbocycles. The first kappa shape index (κ1) is 11.0. The van der Waals surface area contributed by atoms with Crippen LogP contribution in [0.15, 0.2) is 40.5 Å². The zero-order valence-corrected chi connectivity index (χ0v) is 11.1. The number of thiophene rings is 1. The topological polar surface area (TPSA) is 22.0 Å². The standard InChI is InChI=1S/C12H8ClNOS2/c13-11-5-12(15)14(17-11)6-8-7-16-10-4-2-1-3-9(8)10/h1-5,7H,6H2. The minimum atomic E-state index is -0.0321. The molecule has 0 aliphatic carbocycles. The second kappa shape index (κ2) is 4.29. The lowest BCUT2D eigenvalue weighted by Gasteiger charge is -1.99. The fourth-order valence-electron chi connectivity index (χ4n) is 1.77. The Balaban J connectivity index is 2.06. The van der Waals surface area contributed by atoms with E-state index in [2.05, 4.69) is 17.5 Å². The Hall–Kier alpha value is -1.10. The van der Waals surface area contributed by atoms with E-state index in [4.69, 9.17) is 11.6 Å². The van der Waals surface area contributed by atoms with Gasteiger partial charge in [0.05, 0.1) is 6.54 Å². The first-order chi connectivity index (χ1) is 8.24. The molecule has 2 aromatic heterocycles. The van der Waals surface area contributed by atoms with Gasteiger partial charge in [0, 0.05) is 10.8 Å². The Morgan fingerprint density at radius 3 is 2.88 bits per heavy atom. The Morgan fingerprint density at radius 2 is 2.12 bits per heavy atom. The van der Waals surface area contributed by atoms with Gasteiger partial charge < -0.3 is 0 Å². The van der Waals surface area contributed by atoms with Gasteiger partial charge in [0.15, 0.2) is 0 Å². The zero-order chi connectivity index (χ0) is 11.8. The first-order valence-electron chi connectivity index (χ1n) is 5.06. The van der Waals surface area contributed by atoms with Gasteiger partial charge in [-0.15, -0.1) is 11.3 Å². The summed E-state index contributed by atoms with van der Waals surface area (Å²) in [6.07, 6.45) is 0. The largest absolute Gasteiger partial charge is 0.268 e. The van der Waals surface area contributed by atoms with Crippen molar-refractivity contribution < 1.29 is 0 Å². The molecular weight excluding hydrogens is 274 g/mol. The molecule has 0 spiro atoms. The van der Waals surface area contributed by atoms with Crippen LogP contribution in [0.5, 0.6) is 0 Å². The number of hydrogen-bond donors (Lipinski definition) is 0. The number of halogens is 1. The molecule has 0 radical (unpaired) electrons. The summed E-state index contributed by atoms with van der Waals surface area (Å²) in [6, 6.07) is 9.68. The molecule has 0 atom stereocenters. The first-order valence-corrected chi connectivity index (χ1v) is 7.09. The molecule has 0 bridgehead atoms. The summed E-state index contributed by atoms with van der Waals surface area (Å²) < 4.78 is 3.46. The van der Waals surface area contributed by atoms with E-state index < -0.39 is 0 Å². The van der Waals surface area contributed by atoms with Gasteiger partial charge in [-0.3, -0.25) is 8.75 Å². The van der Waals surface area contributed by atoms with Crippen molar-refractivity contribution in [3.8, 4) is 0 Å². The summed E-state index contributed by atoms with van der Waals surface area (Å²) in [5, 5.41) is 3.32. The highest BCUT2D eigenvalue weighted by atomic mass is 35.5. The third-order valence-corrected chi connectivity index (χ3v) is 4.71. The molecule has 0 saturated carbocycles. The van der Waals surface area contributed by atoms with Crippen molar-refractivity contribution >= 4 is 44.6 Å². The number of hydrogen-bond acceptors (Lipinski definition) is 3. The van der Waals surface area contributed by atoms with Crippen LogP contribution in [-0.4, -0.2) is 3.96 Å². The van der Waals surface area contributed by atoms with Crippen LogP contribution >= 0.6 is 34.5 Å². The van der Waals surface area contributed by atoms with Crippen molar-refractivity contribution in [3.05, 3.63) is 56.0 Å². The minimum absolute atomic E-state index is 0.0321. The summed E-state index contributed by atoms with van der Waals surface area (Å²) in [5.74, 6) is 0. The van der Waals surface area contributed by atoms with E-state index in [1.54, 1.807) is 15.3 Å². The Labute approximate surface area is 111 Å². The van der Waals surface area contributed by atoms with E-state index in [1.807, 2.05) is 12.1 Å². The number of fused-ring (bicyclic) bond motifs is 1. The molecule has 0 aliphatic heterocycles. The molecule has 5 heteroatoms. The SMILES string of the molecule is O=c1cc(Cl)sn1Cc1csc2ccccc12. The molecule has 0 aliphatic rings. The molecule has 2 nitrogen and oxygen atoms in total. The molecular formula is C12H8ClNOS2. The van der Waals surface area contributed by atoms with Crippen LogP contribution in [0, 0.1) is 0 Å². The third-order valence-electron chi connectivity index (χ3n) is 2.56. The van der Waals surface area contributed by atoms with Crippen LogP contribution in [0.1, 0.15) is 5.56 Å². The van der Waals surface area contributed by atoms with Crippen molar-refractivity contribution in [2.24, 2.45) is 0 Å². The van der Waals surface area contributed by atoms with Gasteiger partial charge in [-0.2, -0.15) is 0 Å². The zero-order valence-electron chi connectivity index (χ0n) is 8.72. The van der Waals surface area contributed by atoms with Crippen LogP contribution in [0.4, 0.5) is 0 Å². The maximum absolute atomic E-state index is 11.6. The lowest BCUT2D eigenvalue weighted by molar-refractivity contribution is 0.858. The maximum Gasteiger partial charge on any atom is 0.262 e. The van der Waals surface area contributed by atoms with Crippen molar-refractivity contribution in [1.82, 2.24) is 3.96 Å². The summed E-state index contributed by atoms with van der Waals surface area (Å²) >= 11 is 8.82. The predicted octanol–water partition coefficient (Wildman–Crippen LogP) is 3.83. The molecule has 86 valence electrons. The molecule has 0 amide bonds. The molecule has 2 heterocycles. The average molecular weight is 282 g/mol. The predicted molar refractivity (Wildman–Crippen MR) is 74.5 cm³/mol. The van der Waals surface area contributed by atoms with Gasteiger partial charge in [0.25, 0.3) is 5.56 Å². The highest BCUT2D eigenvalue weighted by Crippen LogP contribution is 2.26. The van der Waals surface area contributed by atoms with Gasteiger partial charge in [-0.05, 0) is 33.9 Å². The van der Waals surface area contributed by atoms with Crippen LogP contribution in [0.2, 0.25) is 4.34 Å². The van der Waals surface area contributed by atoms with Gasteiger partial charge in [-0.1, -0.05) is 29.8 Å². The van der Waals surface area contributed by atoms with Gasteiger partial charge in [-0.25, -0.2) is 0 Å². The van der Waals surface area contributed by atoms with Crippen molar-refractivity contribution in [2.75, 3.05) is 0 Å². The van der Waals surface area contributed by atoms with Crippen LogP contribution < -0.4 is 5.56 Å². The van der Waals surface area contributed by atoms with Crippen LogP contribution in [-0.2, 0) is 6.54 Å². The fraction of sp³-hybridized carbons (Fsp3) is 0.0833. The summed E-state index contributed by atoms with van der Waals surface area (Å²) in [7, 11) is 0. The molecule has 3 rings (SSSR count). The van der Waals surface area contributed by atoms with E-state index >= 15 is 0 Å².